The monoisotopic (exact) mass is 142 g/mol. The smallest absolute Gasteiger partial charge is 0.178 e. The Labute approximate surface area is 56.7 Å². The number of rotatable bonds is 2. The quantitative estimate of drug-likeness (QED) is 0.603. The number of carbonyl (C=O) groups is 1. The van der Waals surface area contributed by atoms with Crippen LogP contribution >= 0.6 is 11.5 Å². The van der Waals surface area contributed by atoms with E-state index in [4.69, 9.17) is 5.73 Å². The Morgan fingerprint density at radius 2 is 2.67 bits per heavy atom. The van der Waals surface area contributed by atoms with Gasteiger partial charge in [0.05, 0.1) is 12.7 Å². The summed E-state index contributed by atoms with van der Waals surface area (Å²) in [5.74, 6) is -0.0521. The molecule has 0 fully saturated rings. The minimum atomic E-state index is -0.0521. The third-order valence-electron chi connectivity index (χ3n) is 0.940. The Balaban J connectivity index is 2.77. The average Bonchev–Trinajstić information content (AvgIpc) is 2.37. The van der Waals surface area contributed by atoms with Crippen LogP contribution in [0, 0.1) is 0 Å². The fraction of sp³-hybridized carbons (Fsp3) is 0.200. The second-order valence-corrected chi connectivity index (χ2v) is 2.20. The molecule has 1 aromatic rings. The summed E-state index contributed by atoms with van der Waals surface area (Å²) in [6, 6.07) is 0. The Hall–Kier alpha value is -0.740. The van der Waals surface area contributed by atoms with Gasteiger partial charge >= 0.3 is 0 Å². The van der Waals surface area contributed by atoms with E-state index >= 15 is 0 Å². The van der Waals surface area contributed by atoms with Crippen molar-refractivity contribution in [2.75, 3.05) is 6.54 Å². The first-order valence-corrected chi connectivity index (χ1v) is 3.31. The summed E-state index contributed by atoms with van der Waals surface area (Å²) in [4.78, 5) is 10.7. The van der Waals surface area contributed by atoms with Crippen molar-refractivity contribution in [3.63, 3.8) is 0 Å². The number of aromatic nitrogens is 1. The van der Waals surface area contributed by atoms with E-state index in [2.05, 4.69) is 4.37 Å². The molecule has 0 atom stereocenters. The molecule has 0 radical (unpaired) electrons. The van der Waals surface area contributed by atoms with Gasteiger partial charge in [-0.1, -0.05) is 0 Å². The molecule has 0 spiro atoms. The summed E-state index contributed by atoms with van der Waals surface area (Å²) in [6.07, 6.45) is 1.53. The first kappa shape index (κ1) is 6.38. The lowest BCUT2D eigenvalue weighted by Crippen LogP contribution is -2.12. The zero-order valence-corrected chi connectivity index (χ0v) is 5.52. The van der Waals surface area contributed by atoms with Gasteiger partial charge in [0.1, 0.15) is 0 Å². The van der Waals surface area contributed by atoms with E-state index < -0.39 is 0 Å². The van der Waals surface area contributed by atoms with Crippen LogP contribution in [0.15, 0.2) is 11.6 Å². The van der Waals surface area contributed by atoms with Crippen LogP contribution in [0.4, 0.5) is 0 Å². The number of hydrogen-bond donors (Lipinski definition) is 1. The summed E-state index contributed by atoms with van der Waals surface area (Å²) >= 11 is 1.26. The molecular weight excluding hydrogens is 136 g/mol. The van der Waals surface area contributed by atoms with Crippen LogP contribution in [-0.4, -0.2) is 16.7 Å². The van der Waals surface area contributed by atoms with Gasteiger partial charge in [0.15, 0.2) is 5.78 Å². The van der Waals surface area contributed by atoms with Gasteiger partial charge in [-0.2, -0.15) is 0 Å². The molecule has 1 rings (SSSR count). The third kappa shape index (κ3) is 1.34. The van der Waals surface area contributed by atoms with Gasteiger partial charge in [-0.3, -0.25) is 4.79 Å². The van der Waals surface area contributed by atoms with Crippen LogP contribution in [0.3, 0.4) is 0 Å². The molecule has 0 unspecified atom stereocenters. The minimum Gasteiger partial charge on any atom is -0.324 e. The van der Waals surface area contributed by atoms with Gasteiger partial charge in [0.2, 0.25) is 0 Å². The lowest BCUT2D eigenvalue weighted by molar-refractivity contribution is 0.100. The van der Waals surface area contributed by atoms with Crippen LogP contribution in [0.2, 0.25) is 0 Å². The summed E-state index contributed by atoms with van der Waals surface area (Å²) in [5.41, 5.74) is 5.70. The number of nitrogens with zero attached hydrogens (tertiary/aromatic N) is 1. The molecule has 2 N–H and O–H groups in total. The largest absolute Gasteiger partial charge is 0.324 e. The minimum absolute atomic E-state index is 0.0521. The summed E-state index contributed by atoms with van der Waals surface area (Å²) < 4.78 is 3.76. The number of ketones is 1. The van der Waals surface area contributed by atoms with E-state index in [9.17, 15) is 4.79 Å². The maximum absolute atomic E-state index is 10.7. The first-order chi connectivity index (χ1) is 4.34. The highest BCUT2D eigenvalue weighted by atomic mass is 32.1. The fourth-order valence-electron chi connectivity index (χ4n) is 0.460. The molecular formula is C5H6N2OS. The zero-order valence-electron chi connectivity index (χ0n) is 4.70. The molecule has 3 nitrogen and oxygen atoms in total. The summed E-state index contributed by atoms with van der Waals surface area (Å²) in [6.45, 7) is 0.0679. The van der Waals surface area contributed by atoms with Crippen molar-refractivity contribution in [1.82, 2.24) is 4.37 Å². The Kier molecular flexibility index (Phi) is 1.92. The molecule has 0 saturated heterocycles. The van der Waals surface area contributed by atoms with E-state index in [1.807, 2.05) is 0 Å². The third-order valence-corrected chi connectivity index (χ3v) is 1.53. The molecule has 0 aliphatic rings. The van der Waals surface area contributed by atoms with Crippen molar-refractivity contribution in [3.05, 3.63) is 17.1 Å². The molecule has 0 amide bonds. The van der Waals surface area contributed by atoms with Gasteiger partial charge in [-0.25, -0.2) is 4.37 Å². The number of Topliss-reactive ketones (excluding diaryl/α,β-unsaturated/α-hetero) is 1. The normalized spacial score (nSPS) is 9.44. The molecule has 0 saturated carbocycles. The van der Waals surface area contributed by atoms with E-state index in [0.29, 0.717) is 5.56 Å². The molecule has 1 aromatic heterocycles. The Morgan fingerprint density at radius 3 is 3.11 bits per heavy atom. The first-order valence-electron chi connectivity index (χ1n) is 2.47. The molecule has 1 heterocycles. The van der Waals surface area contributed by atoms with E-state index in [1.165, 1.54) is 17.7 Å². The maximum Gasteiger partial charge on any atom is 0.178 e. The van der Waals surface area contributed by atoms with Crippen LogP contribution < -0.4 is 5.73 Å². The van der Waals surface area contributed by atoms with Gasteiger partial charge in [-0.15, -0.1) is 0 Å². The van der Waals surface area contributed by atoms with Crippen molar-refractivity contribution in [1.29, 1.82) is 0 Å². The fourth-order valence-corrected chi connectivity index (χ4v) is 1.00. The predicted octanol–water partition coefficient (Wildman–Crippen LogP) is 0.284. The van der Waals surface area contributed by atoms with Crippen LogP contribution in [0.1, 0.15) is 10.4 Å². The molecule has 0 bridgehead atoms. The van der Waals surface area contributed by atoms with Crippen molar-refractivity contribution in [2.24, 2.45) is 5.73 Å². The lowest BCUT2D eigenvalue weighted by Gasteiger charge is -1.85. The molecule has 0 aliphatic carbocycles. The molecule has 48 valence electrons. The molecule has 9 heavy (non-hydrogen) atoms. The molecule has 0 aliphatic heterocycles. The van der Waals surface area contributed by atoms with Gasteiger partial charge in [-0.05, 0) is 11.5 Å². The Bertz CT molecular complexity index is 195. The highest BCUT2D eigenvalue weighted by Gasteiger charge is 2.01. The van der Waals surface area contributed by atoms with Gasteiger partial charge in [0, 0.05) is 10.9 Å². The lowest BCUT2D eigenvalue weighted by atomic mass is 10.2. The molecule has 4 heteroatoms. The van der Waals surface area contributed by atoms with E-state index in [-0.39, 0.29) is 12.3 Å². The second kappa shape index (κ2) is 2.70. The van der Waals surface area contributed by atoms with Crippen LogP contribution in [-0.2, 0) is 0 Å². The predicted molar refractivity (Wildman–Crippen MR) is 35.5 cm³/mol. The highest BCUT2D eigenvalue weighted by molar-refractivity contribution is 7.03. The van der Waals surface area contributed by atoms with Gasteiger partial charge < -0.3 is 5.73 Å². The number of carbonyl (C=O) groups excluding carboxylic acids is 1. The summed E-state index contributed by atoms with van der Waals surface area (Å²) in [5, 5.41) is 1.69. The average molecular weight is 142 g/mol. The highest BCUT2D eigenvalue weighted by Crippen LogP contribution is 2.00. The van der Waals surface area contributed by atoms with E-state index in [0.717, 1.165) is 0 Å². The second-order valence-electron chi connectivity index (χ2n) is 1.54. The zero-order chi connectivity index (χ0) is 6.69. The Morgan fingerprint density at radius 1 is 1.89 bits per heavy atom. The van der Waals surface area contributed by atoms with Crippen molar-refractivity contribution in [2.45, 2.75) is 0 Å². The topological polar surface area (TPSA) is 56.0 Å². The van der Waals surface area contributed by atoms with Gasteiger partial charge in [0.25, 0.3) is 0 Å². The van der Waals surface area contributed by atoms with Crippen molar-refractivity contribution < 1.29 is 4.79 Å². The number of hydrogen-bond acceptors (Lipinski definition) is 4. The van der Waals surface area contributed by atoms with Crippen molar-refractivity contribution >= 4 is 17.3 Å². The van der Waals surface area contributed by atoms with Crippen LogP contribution in [0.5, 0.6) is 0 Å². The SMILES string of the molecule is NCC(=O)c1cnsc1. The standard InChI is InChI=1S/C5H6N2OS/c6-1-5(8)4-2-7-9-3-4/h2-3H,1,6H2. The summed E-state index contributed by atoms with van der Waals surface area (Å²) in [7, 11) is 0. The van der Waals surface area contributed by atoms with Crippen LogP contribution in [0.25, 0.3) is 0 Å². The maximum atomic E-state index is 10.7. The van der Waals surface area contributed by atoms with E-state index in [1.54, 1.807) is 5.38 Å². The van der Waals surface area contributed by atoms with Crippen molar-refractivity contribution in [3.8, 4) is 0 Å². The number of nitrogens with two attached hydrogens (primary N) is 1. The molecule has 0 aromatic carbocycles.